The molecule has 3 aromatic rings. The largest absolute Gasteiger partial charge is 0.394 e. The van der Waals surface area contributed by atoms with Crippen molar-refractivity contribution in [3.05, 3.63) is 53.0 Å². The van der Waals surface area contributed by atoms with E-state index in [1.807, 2.05) is 6.07 Å². The van der Waals surface area contributed by atoms with Gasteiger partial charge in [0.05, 0.1) is 18.5 Å². The topological polar surface area (TPSA) is 131 Å². The van der Waals surface area contributed by atoms with Crippen LogP contribution < -0.4 is 0 Å². The first-order valence-electron chi connectivity index (χ1n) is 8.65. The summed E-state index contributed by atoms with van der Waals surface area (Å²) in [4.78, 5) is 8.57. The van der Waals surface area contributed by atoms with Crippen LogP contribution in [0.1, 0.15) is 23.8 Å². The van der Waals surface area contributed by atoms with Gasteiger partial charge in [-0.25, -0.2) is 9.67 Å². The SMILES string of the molecule is Cc1nc([C@@H]2OC(CO)[C@H](O)[C@H](n3cccn3)C2O)n(-c2cncc(Br)c2)n1. The highest BCUT2D eigenvalue weighted by Gasteiger charge is 2.48. The van der Waals surface area contributed by atoms with Crippen molar-refractivity contribution in [1.82, 2.24) is 29.5 Å². The van der Waals surface area contributed by atoms with Gasteiger partial charge in [0, 0.05) is 23.1 Å². The number of aromatic nitrogens is 6. The zero-order valence-electron chi connectivity index (χ0n) is 14.9. The van der Waals surface area contributed by atoms with Gasteiger partial charge >= 0.3 is 0 Å². The molecule has 0 spiro atoms. The van der Waals surface area contributed by atoms with E-state index in [1.54, 1.807) is 37.8 Å². The van der Waals surface area contributed by atoms with Gasteiger partial charge in [0.2, 0.25) is 0 Å². The lowest BCUT2D eigenvalue weighted by Crippen LogP contribution is -2.53. The van der Waals surface area contributed by atoms with Crippen LogP contribution in [0.15, 0.2) is 41.4 Å². The third-order valence-corrected chi connectivity index (χ3v) is 5.08. The molecule has 0 bridgehead atoms. The van der Waals surface area contributed by atoms with E-state index in [9.17, 15) is 15.3 Å². The van der Waals surface area contributed by atoms with Crippen LogP contribution in [0, 0.1) is 6.92 Å². The Bertz CT molecular complexity index is 949. The van der Waals surface area contributed by atoms with Gasteiger partial charge in [-0.3, -0.25) is 9.67 Å². The maximum Gasteiger partial charge on any atom is 0.164 e. The number of hydrogen-bond acceptors (Lipinski definition) is 8. The molecular formula is C17H19BrN6O4. The van der Waals surface area contributed by atoms with Crippen LogP contribution in [0.2, 0.25) is 0 Å². The van der Waals surface area contributed by atoms with Gasteiger partial charge in [-0.1, -0.05) is 0 Å². The highest BCUT2D eigenvalue weighted by molar-refractivity contribution is 9.10. The van der Waals surface area contributed by atoms with Crippen LogP contribution in [0.5, 0.6) is 0 Å². The molecule has 10 nitrogen and oxygen atoms in total. The van der Waals surface area contributed by atoms with E-state index in [0.29, 0.717) is 17.3 Å². The van der Waals surface area contributed by atoms with E-state index in [-0.39, 0.29) is 0 Å². The van der Waals surface area contributed by atoms with E-state index in [0.717, 1.165) is 4.47 Å². The summed E-state index contributed by atoms with van der Waals surface area (Å²) in [5, 5.41) is 39.9. The Kier molecular flexibility index (Phi) is 5.25. The number of nitrogens with zero attached hydrogens (tertiary/aromatic N) is 6. The lowest BCUT2D eigenvalue weighted by molar-refractivity contribution is -0.210. The van der Waals surface area contributed by atoms with Crippen LogP contribution in [-0.4, -0.2) is 69.8 Å². The number of halogens is 1. The first-order chi connectivity index (χ1) is 13.5. The van der Waals surface area contributed by atoms with E-state index < -0.39 is 37.1 Å². The van der Waals surface area contributed by atoms with Gasteiger partial charge in [0.25, 0.3) is 0 Å². The maximum absolute atomic E-state index is 11.0. The van der Waals surface area contributed by atoms with Gasteiger partial charge in [-0.05, 0) is 35.0 Å². The molecule has 4 heterocycles. The molecule has 5 atom stereocenters. The Morgan fingerprint density at radius 1 is 1.25 bits per heavy atom. The third-order valence-electron chi connectivity index (χ3n) is 4.65. The molecule has 0 radical (unpaired) electrons. The molecule has 2 unspecified atom stereocenters. The molecule has 0 saturated carbocycles. The summed E-state index contributed by atoms with van der Waals surface area (Å²) in [6.45, 7) is 1.30. The lowest BCUT2D eigenvalue weighted by atomic mass is 9.92. The van der Waals surface area contributed by atoms with Crippen molar-refractivity contribution in [2.45, 2.75) is 37.4 Å². The fourth-order valence-corrected chi connectivity index (χ4v) is 3.76. The first-order valence-corrected chi connectivity index (χ1v) is 9.45. The molecule has 0 aromatic carbocycles. The van der Waals surface area contributed by atoms with Crippen molar-refractivity contribution < 1.29 is 20.1 Å². The molecule has 1 aliphatic heterocycles. The first kappa shape index (κ1) is 19.2. The van der Waals surface area contributed by atoms with Crippen molar-refractivity contribution in [3.63, 3.8) is 0 Å². The summed E-state index contributed by atoms with van der Waals surface area (Å²) < 4.78 is 9.59. The zero-order valence-corrected chi connectivity index (χ0v) is 16.5. The second-order valence-corrected chi connectivity index (χ2v) is 7.44. The number of aliphatic hydroxyl groups is 3. The number of pyridine rings is 1. The van der Waals surface area contributed by atoms with Gasteiger partial charge in [-0.2, -0.15) is 10.2 Å². The minimum atomic E-state index is -1.18. The predicted octanol–water partition coefficient (Wildman–Crippen LogP) is 0.325. The second-order valence-electron chi connectivity index (χ2n) is 6.53. The number of aliphatic hydroxyl groups excluding tert-OH is 3. The molecule has 28 heavy (non-hydrogen) atoms. The van der Waals surface area contributed by atoms with Crippen molar-refractivity contribution in [1.29, 1.82) is 0 Å². The molecule has 1 aliphatic rings. The summed E-state index contributed by atoms with van der Waals surface area (Å²) in [5.41, 5.74) is 0.628. The monoisotopic (exact) mass is 450 g/mol. The Morgan fingerprint density at radius 3 is 2.75 bits per heavy atom. The Labute approximate surface area is 168 Å². The van der Waals surface area contributed by atoms with Crippen LogP contribution in [0.25, 0.3) is 5.69 Å². The molecule has 0 amide bonds. The molecule has 0 aliphatic carbocycles. The van der Waals surface area contributed by atoms with Crippen molar-refractivity contribution >= 4 is 15.9 Å². The second kappa shape index (κ2) is 7.68. The number of hydrogen-bond donors (Lipinski definition) is 3. The molecule has 4 rings (SSSR count). The van der Waals surface area contributed by atoms with E-state index in [2.05, 4.69) is 36.1 Å². The normalized spacial score (nSPS) is 27.8. The van der Waals surface area contributed by atoms with Crippen molar-refractivity contribution in [2.24, 2.45) is 0 Å². The maximum atomic E-state index is 11.0. The van der Waals surface area contributed by atoms with Crippen LogP contribution in [0.4, 0.5) is 0 Å². The van der Waals surface area contributed by atoms with Gasteiger partial charge < -0.3 is 20.1 Å². The minimum absolute atomic E-state index is 0.340. The zero-order chi connectivity index (χ0) is 19.8. The molecule has 148 valence electrons. The van der Waals surface area contributed by atoms with Crippen LogP contribution in [0.3, 0.4) is 0 Å². The van der Waals surface area contributed by atoms with Crippen LogP contribution in [-0.2, 0) is 4.74 Å². The number of aryl methyl sites for hydroxylation is 1. The average molecular weight is 451 g/mol. The van der Waals surface area contributed by atoms with E-state index in [1.165, 1.54) is 9.36 Å². The molecule has 1 saturated heterocycles. The van der Waals surface area contributed by atoms with Crippen molar-refractivity contribution in [3.8, 4) is 5.69 Å². The highest BCUT2D eigenvalue weighted by Crippen LogP contribution is 2.38. The summed E-state index contributed by atoms with van der Waals surface area (Å²) in [6.07, 6.45) is 2.25. The fraction of sp³-hybridized carbons (Fsp3) is 0.412. The summed E-state index contributed by atoms with van der Waals surface area (Å²) in [6, 6.07) is 2.68. The number of rotatable bonds is 4. The summed E-state index contributed by atoms with van der Waals surface area (Å²) >= 11 is 3.38. The lowest BCUT2D eigenvalue weighted by Gasteiger charge is -2.41. The molecular weight excluding hydrogens is 432 g/mol. The Morgan fingerprint density at radius 2 is 2.07 bits per heavy atom. The quantitative estimate of drug-likeness (QED) is 0.517. The minimum Gasteiger partial charge on any atom is -0.394 e. The van der Waals surface area contributed by atoms with Crippen LogP contribution >= 0.6 is 15.9 Å². The van der Waals surface area contributed by atoms with E-state index in [4.69, 9.17) is 4.74 Å². The van der Waals surface area contributed by atoms with Crippen molar-refractivity contribution in [2.75, 3.05) is 6.61 Å². The van der Waals surface area contributed by atoms with Gasteiger partial charge in [0.15, 0.2) is 5.82 Å². The Balaban J connectivity index is 1.78. The molecule has 3 N–H and O–H groups in total. The Hall–Kier alpha value is -2.18. The molecule has 1 fully saturated rings. The van der Waals surface area contributed by atoms with Gasteiger partial charge in [0.1, 0.15) is 36.3 Å². The fourth-order valence-electron chi connectivity index (χ4n) is 3.41. The molecule has 11 heteroatoms. The van der Waals surface area contributed by atoms with E-state index >= 15 is 0 Å². The summed E-state index contributed by atoms with van der Waals surface area (Å²) in [5.74, 6) is 0.820. The standard InChI is InChI=1S/C17H19BrN6O4/c1-9-21-17(24(22-9)11-5-10(18)6-19-7-11)16-15(27)13(23-4-2-3-20-23)14(26)12(8-25)28-16/h2-7,12-16,25-27H,8H2,1H3/t12?,13-,14-,15?,16+/m0/s1. The third kappa shape index (κ3) is 3.35. The number of ether oxygens (including phenoxy) is 1. The van der Waals surface area contributed by atoms with Gasteiger partial charge in [-0.15, -0.1) is 0 Å². The molecule has 3 aromatic heterocycles. The highest BCUT2D eigenvalue weighted by atomic mass is 79.9. The predicted molar refractivity (Wildman–Crippen MR) is 99.6 cm³/mol. The summed E-state index contributed by atoms with van der Waals surface area (Å²) in [7, 11) is 0. The average Bonchev–Trinajstić information content (AvgIpc) is 3.32. The smallest absolute Gasteiger partial charge is 0.164 e.